The number of carbonyl (C=O) groups is 2. The molecule has 1 atom stereocenters. The summed E-state index contributed by atoms with van der Waals surface area (Å²) in [5, 5.41) is -0.169. The minimum absolute atomic E-state index is 0.0955. The van der Waals surface area contributed by atoms with Crippen molar-refractivity contribution in [3.8, 4) is 11.1 Å². The van der Waals surface area contributed by atoms with Crippen LogP contribution in [0, 0.1) is 0 Å². The van der Waals surface area contributed by atoms with E-state index in [1.165, 1.54) is 6.08 Å². The second kappa shape index (κ2) is 17.5. The van der Waals surface area contributed by atoms with Crippen LogP contribution in [0.4, 0.5) is 0 Å². The molecule has 0 heterocycles. The van der Waals surface area contributed by atoms with Gasteiger partial charge in [0.15, 0.2) is 5.66 Å². The maximum absolute atomic E-state index is 13.4. The van der Waals surface area contributed by atoms with E-state index in [1.807, 2.05) is 36.4 Å². The Hall–Kier alpha value is -2.58. The molecule has 10 nitrogen and oxygen atoms in total. The van der Waals surface area contributed by atoms with Gasteiger partial charge in [-0.2, -0.15) is 0 Å². The van der Waals surface area contributed by atoms with Crippen LogP contribution in [-0.4, -0.2) is 57.2 Å². The van der Waals surface area contributed by atoms with Gasteiger partial charge in [-0.1, -0.05) is 48.5 Å². The average Bonchev–Trinajstić information content (AvgIpc) is 2.96. The second-order valence-corrected chi connectivity index (χ2v) is 13.0. The third-order valence-corrected chi connectivity index (χ3v) is 10.4. The average molecular weight is 625 g/mol. The van der Waals surface area contributed by atoms with E-state index < -0.39 is 32.8 Å². The molecule has 1 unspecified atom stereocenters. The second-order valence-electron chi connectivity index (χ2n) is 8.75. The summed E-state index contributed by atoms with van der Waals surface area (Å²) in [4.78, 5) is 25.4. The topological polar surface area (TPSA) is 124 Å². The van der Waals surface area contributed by atoms with Crippen molar-refractivity contribution in [3.63, 3.8) is 0 Å². The van der Waals surface area contributed by atoms with Crippen LogP contribution >= 0.6 is 15.2 Å². The van der Waals surface area contributed by atoms with Crippen LogP contribution in [-0.2, 0) is 52.7 Å². The Morgan fingerprint density at radius 2 is 1.14 bits per heavy atom. The molecule has 2 rings (SSSR count). The van der Waals surface area contributed by atoms with Gasteiger partial charge in [0, 0.05) is 0 Å². The largest absolute Gasteiger partial charge is 0.465 e. The number of rotatable bonds is 18. The molecule has 0 saturated heterocycles. The molecule has 232 valence electrons. The number of ether oxygens (including phenoxy) is 2. The molecule has 0 aromatic heterocycles. The molecule has 0 aliphatic carbocycles. The SMILES string of the molecule is CCOC(=O)/C(=C\c1ccc(-c2ccc(CC(C(=O)OCC)P(=O)(OCC)OCC)cc2)cc1)P(=O)(OCC)OCC. The van der Waals surface area contributed by atoms with Crippen LogP contribution < -0.4 is 0 Å². The highest BCUT2D eigenvalue weighted by atomic mass is 31.2. The first-order valence-electron chi connectivity index (χ1n) is 14.1. The number of hydrogen-bond donors (Lipinski definition) is 0. The van der Waals surface area contributed by atoms with Crippen molar-refractivity contribution in [2.45, 2.75) is 53.6 Å². The molecule has 2 aromatic carbocycles. The zero-order valence-electron chi connectivity index (χ0n) is 25.2. The minimum Gasteiger partial charge on any atom is -0.465 e. The fraction of sp³-hybridized carbons (Fsp3) is 0.467. The van der Waals surface area contributed by atoms with Gasteiger partial charge in [0.2, 0.25) is 0 Å². The van der Waals surface area contributed by atoms with Crippen molar-refractivity contribution >= 4 is 33.2 Å². The van der Waals surface area contributed by atoms with E-state index in [0.29, 0.717) is 5.56 Å². The van der Waals surface area contributed by atoms with Gasteiger partial charge in [-0.25, -0.2) is 4.79 Å². The van der Waals surface area contributed by atoms with Crippen LogP contribution in [0.2, 0.25) is 0 Å². The molecule has 0 N–H and O–H groups in total. The summed E-state index contributed by atoms with van der Waals surface area (Å²) in [5.41, 5.74) is 2.05. The normalized spacial score (nSPS) is 13.0. The molecule has 0 amide bonds. The summed E-state index contributed by atoms with van der Waals surface area (Å²) in [7, 11) is -7.64. The first-order valence-corrected chi connectivity index (χ1v) is 17.3. The maximum atomic E-state index is 13.4. The smallest absolute Gasteiger partial charge is 0.368 e. The molecule has 0 aliphatic rings. The van der Waals surface area contributed by atoms with Gasteiger partial charge in [0.1, 0.15) is 5.31 Å². The summed E-state index contributed by atoms with van der Waals surface area (Å²) in [6.07, 6.45) is 1.58. The Morgan fingerprint density at radius 1 is 0.667 bits per heavy atom. The molecule has 0 fully saturated rings. The first-order chi connectivity index (χ1) is 20.1. The molecule has 0 bridgehead atoms. The van der Waals surface area contributed by atoms with Crippen LogP contribution in [0.15, 0.2) is 53.8 Å². The Morgan fingerprint density at radius 3 is 1.60 bits per heavy atom. The summed E-state index contributed by atoms with van der Waals surface area (Å²) in [5.74, 6) is -1.39. The standard InChI is InChI=1S/C30H42O10P2/c1-7-35-29(31)27(41(33,37-9-3)38-10-4)21-23-13-17-25(18-14-23)26-19-15-24(16-20-26)22-28(30(32)36-8-2)42(34,39-11-5)40-12-6/h13-21,28H,7-12,22H2,1-6H3/b27-21+. The van der Waals surface area contributed by atoms with Gasteiger partial charge in [-0.05, 0) is 76.3 Å². The molecule has 0 saturated carbocycles. The van der Waals surface area contributed by atoms with Crippen molar-refractivity contribution in [2.24, 2.45) is 0 Å². The fourth-order valence-electron chi connectivity index (χ4n) is 4.10. The first kappa shape index (κ1) is 35.6. The summed E-state index contributed by atoms with van der Waals surface area (Å²) in [6, 6.07) is 14.7. The zero-order chi connectivity index (χ0) is 31.2. The van der Waals surface area contributed by atoms with Crippen molar-refractivity contribution < 1.29 is 46.3 Å². The molecular weight excluding hydrogens is 582 g/mol. The van der Waals surface area contributed by atoms with E-state index in [1.54, 1.807) is 53.7 Å². The van der Waals surface area contributed by atoms with Crippen LogP contribution in [0.1, 0.15) is 52.7 Å². The molecule has 12 heteroatoms. The Labute approximate surface area is 248 Å². The van der Waals surface area contributed by atoms with Crippen LogP contribution in [0.25, 0.3) is 17.2 Å². The number of benzene rings is 2. The predicted octanol–water partition coefficient (Wildman–Crippen LogP) is 7.26. The van der Waals surface area contributed by atoms with Crippen LogP contribution in [0.3, 0.4) is 0 Å². The van der Waals surface area contributed by atoms with Gasteiger partial charge in [-0.3, -0.25) is 13.9 Å². The van der Waals surface area contributed by atoms with Crippen molar-refractivity contribution in [2.75, 3.05) is 39.6 Å². The Bertz CT molecular complexity index is 1250. The monoisotopic (exact) mass is 624 g/mol. The van der Waals surface area contributed by atoms with E-state index in [0.717, 1.165) is 16.7 Å². The van der Waals surface area contributed by atoms with Gasteiger partial charge in [-0.15, -0.1) is 0 Å². The van der Waals surface area contributed by atoms with E-state index in [2.05, 4.69) is 0 Å². The number of carbonyl (C=O) groups excluding carboxylic acids is 2. The summed E-state index contributed by atoms with van der Waals surface area (Å²) in [6.45, 7) is 10.8. The van der Waals surface area contributed by atoms with Gasteiger partial charge < -0.3 is 27.6 Å². The maximum Gasteiger partial charge on any atom is 0.368 e. The molecule has 0 aliphatic heterocycles. The van der Waals surface area contributed by atoms with E-state index in [-0.39, 0.29) is 51.4 Å². The highest BCUT2D eigenvalue weighted by Crippen LogP contribution is 2.57. The lowest BCUT2D eigenvalue weighted by atomic mass is 10.0. The lowest BCUT2D eigenvalue weighted by molar-refractivity contribution is -0.143. The molecule has 0 radical (unpaired) electrons. The zero-order valence-corrected chi connectivity index (χ0v) is 27.0. The fourth-order valence-corrected chi connectivity index (χ4v) is 7.65. The lowest BCUT2D eigenvalue weighted by Crippen LogP contribution is -2.28. The number of hydrogen-bond acceptors (Lipinski definition) is 10. The Kier molecular flexibility index (Phi) is 14.9. The van der Waals surface area contributed by atoms with Crippen molar-refractivity contribution in [1.82, 2.24) is 0 Å². The predicted molar refractivity (Wildman–Crippen MR) is 162 cm³/mol. The van der Waals surface area contributed by atoms with E-state index in [4.69, 9.17) is 27.6 Å². The van der Waals surface area contributed by atoms with Crippen molar-refractivity contribution in [3.05, 3.63) is 65.0 Å². The van der Waals surface area contributed by atoms with Gasteiger partial charge >= 0.3 is 27.1 Å². The highest BCUT2D eigenvalue weighted by molar-refractivity contribution is 7.60. The Balaban J connectivity index is 2.35. The molecule has 42 heavy (non-hydrogen) atoms. The summed E-state index contributed by atoms with van der Waals surface area (Å²) >= 11 is 0. The quantitative estimate of drug-likeness (QED) is 0.0951. The van der Waals surface area contributed by atoms with Crippen LogP contribution in [0.5, 0.6) is 0 Å². The summed E-state index contributed by atoms with van der Waals surface area (Å²) < 4.78 is 58.8. The molecular formula is C30H42O10P2. The highest BCUT2D eigenvalue weighted by Gasteiger charge is 2.42. The molecule has 0 spiro atoms. The van der Waals surface area contributed by atoms with Crippen molar-refractivity contribution in [1.29, 1.82) is 0 Å². The van der Waals surface area contributed by atoms with E-state index >= 15 is 0 Å². The van der Waals surface area contributed by atoms with E-state index in [9.17, 15) is 18.7 Å². The third-order valence-electron chi connectivity index (χ3n) is 5.87. The molecule has 2 aromatic rings. The minimum atomic E-state index is -3.89. The van der Waals surface area contributed by atoms with Gasteiger partial charge in [0.05, 0.1) is 39.6 Å². The lowest BCUT2D eigenvalue weighted by Gasteiger charge is -2.25. The number of esters is 2. The third kappa shape index (κ3) is 9.73. The van der Waals surface area contributed by atoms with Gasteiger partial charge in [0.25, 0.3) is 0 Å².